The third kappa shape index (κ3) is 1.66. The fourth-order valence-corrected chi connectivity index (χ4v) is 1.14. The van der Waals surface area contributed by atoms with Crippen molar-refractivity contribution in [2.24, 2.45) is 10.7 Å². The number of ether oxygens (including phenoxy) is 2. The van der Waals surface area contributed by atoms with Gasteiger partial charge in [0.2, 0.25) is 12.8 Å². The third-order valence-corrected chi connectivity index (χ3v) is 1.75. The monoisotopic (exact) mass is 191 g/mol. The van der Waals surface area contributed by atoms with Crippen LogP contribution in [-0.4, -0.2) is 19.0 Å². The molecule has 0 saturated heterocycles. The molecular weight excluding hydrogens is 182 g/mol. The van der Waals surface area contributed by atoms with Gasteiger partial charge in [0.25, 0.3) is 0 Å². The van der Waals surface area contributed by atoms with Crippen molar-refractivity contribution in [3.63, 3.8) is 0 Å². The summed E-state index contributed by atoms with van der Waals surface area (Å²) in [5.41, 5.74) is 5.91. The lowest BCUT2D eigenvalue weighted by Crippen LogP contribution is -2.05. The van der Waals surface area contributed by atoms with Gasteiger partial charge in [0.1, 0.15) is 0 Å². The number of aliphatic imine (C=N–C) groups is 1. The molecule has 3 N–H and O–H groups in total. The number of guanidine groups is 1. The van der Waals surface area contributed by atoms with E-state index in [2.05, 4.69) is 4.99 Å². The van der Waals surface area contributed by atoms with Crippen LogP contribution in [0.1, 0.15) is 5.56 Å². The van der Waals surface area contributed by atoms with Crippen LogP contribution in [0.15, 0.2) is 23.2 Å². The molecule has 0 amide bonds. The molecule has 5 heteroatoms. The number of nitrogens with zero attached hydrogens (tertiary/aromatic N) is 1. The quantitative estimate of drug-likeness (QED) is 0.507. The van der Waals surface area contributed by atoms with Gasteiger partial charge in [-0.25, -0.2) is 4.99 Å². The summed E-state index contributed by atoms with van der Waals surface area (Å²) < 4.78 is 10.3. The second-order valence-electron chi connectivity index (χ2n) is 2.76. The highest BCUT2D eigenvalue weighted by Gasteiger charge is 2.12. The van der Waals surface area contributed by atoms with Gasteiger partial charge < -0.3 is 15.2 Å². The van der Waals surface area contributed by atoms with Crippen LogP contribution in [0.5, 0.6) is 11.5 Å². The van der Waals surface area contributed by atoms with E-state index in [-0.39, 0.29) is 12.8 Å². The fraction of sp³-hybridized carbons (Fsp3) is 0.111. The Morgan fingerprint density at radius 1 is 1.43 bits per heavy atom. The lowest BCUT2D eigenvalue weighted by atomic mass is 10.2. The first-order valence-electron chi connectivity index (χ1n) is 4.03. The molecule has 0 radical (unpaired) electrons. The van der Waals surface area contributed by atoms with Crippen molar-refractivity contribution in [1.29, 1.82) is 5.41 Å². The van der Waals surface area contributed by atoms with E-state index < -0.39 is 0 Å². The zero-order valence-corrected chi connectivity index (χ0v) is 7.36. The van der Waals surface area contributed by atoms with Gasteiger partial charge in [-0.3, -0.25) is 5.41 Å². The Balaban J connectivity index is 2.25. The summed E-state index contributed by atoms with van der Waals surface area (Å²) in [4.78, 5) is 3.66. The molecule has 0 saturated carbocycles. The second kappa shape index (κ2) is 3.37. The first-order chi connectivity index (χ1) is 6.75. The Hall–Kier alpha value is -2.04. The number of fused-ring (bicyclic) bond motifs is 1. The van der Waals surface area contributed by atoms with Crippen LogP contribution in [0, 0.1) is 5.41 Å². The Labute approximate surface area is 80.7 Å². The normalized spacial score (nSPS) is 13.4. The van der Waals surface area contributed by atoms with E-state index in [1.807, 2.05) is 6.07 Å². The minimum Gasteiger partial charge on any atom is -0.454 e. The minimum absolute atomic E-state index is 0.220. The minimum atomic E-state index is -0.220. The molecule has 1 heterocycles. The topological polar surface area (TPSA) is 80.7 Å². The van der Waals surface area contributed by atoms with E-state index >= 15 is 0 Å². The molecule has 0 fully saturated rings. The zero-order chi connectivity index (χ0) is 9.97. The number of nitrogens with one attached hydrogen (secondary N) is 1. The van der Waals surface area contributed by atoms with Crippen LogP contribution in [0.2, 0.25) is 0 Å². The Kier molecular flexibility index (Phi) is 2.06. The first kappa shape index (κ1) is 8.55. The summed E-state index contributed by atoms with van der Waals surface area (Å²) in [6.45, 7) is 0.253. The molecule has 0 atom stereocenters. The van der Waals surface area contributed by atoms with Crippen LogP contribution in [0.4, 0.5) is 0 Å². The predicted octanol–water partition coefficient (Wildman–Crippen LogP) is 0.728. The fourth-order valence-electron chi connectivity index (χ4n) is 1.14. The molecule has 14 heavy (non-hydrogen) atoms. The highest BCUT2D eigenvalue weighted by Crippen LogP contribution is 2.31. The maximum atomic E-state index is 6.92. The van der Waals surface area contributed by atoms with Gasteiger partial charge in [-0.2, -0.15) is 0 Å². The van der Waals surface area contributed by atoms with Crippen molar-refractivity contribution < 1.29 is 9.47 Å². The number of benzene rings is 1. The van der Waals surface area contributed by atoms with Crippen molar-refractivity contribution in [2.75, 3.05) is 6.79 Å². The molecule has 1 aromatic rings. The molecule has 1 aliphatic rings. The highest BCUT2D eigenvalue weighted by atomic mass is 16.7. The van der Waals surface area contributed by atoms with Gasteiger partial charge >= 0.3 is 0 Å². The average Bonchev–Trinajstić information content (AvgIpc) is 2.61. The Morgan fingerprint density at radius 2 is 2.21 bits per heavy atom. The van der Waals surface area contributed by atoms with E-state index in [1.165, 1.54) is 6.21 Å². The van der Waals surface area contributed by atoms with Gasteiger partial charge in [-0.05, 0) is 23.8 Å². The van der Waals surface area contributed by atoms with E-state index in [0.29, 0.717) is 5.75 Å². The van der Waals surface area contributed by atoms with Crippen LogP contribution in [-0.2, 0) is 0 Å². The summed E-state index contributed by atoms with van der Waals surface area (Å²) in [6, 6.07) is 5.40. The molecule has 0 aromatic heterocycles. The lowest BCUT2D eigenvalue weighted by Gasteiger charge is -1.96. The van der Waals surface area contributed by atoms with E-state index in [0.717, 1.165) is 11.3 Å². The van der Waals surface area contributed by atoms with Gasteiger partial charge in [0.15, 0.2) is 11.5 Å². The number of hydrogen-bond acceptors (Lipinski definition) is 3. The molecule has 0 unspecified atom stereocenters. The summed E-state index contributed by atoms with van der Waals surface area (Å²) in [7, 11) is 0. The molecule has 72 valence electrons. The lowest BCUT2D eigenvalue weighted by molar-refractivity contribution is 0.174. The predicted molar refractivity (Wildman–Crippen MR) is 52.1 cm³/mol. The van der Waals surface area contributed by atoms with Crippen molar-refractivity contribution in [2.45, 2.75) is 0 Å². The smallest absolute Gasteiger partial charge is 0.231 e. The van der Waals surface area contributed by atoms with Crippen LogP contribution >= 0.6 is 0 Å². The van der Waals surface area contributed by atoms with Crippen molar-refractivity contribution in [3.8, 4) is 11.5 Å². The van der Waals surface area contributed by atoms with Gasteiger partial charge in [-0.1, -0.05) is 0 Å². The Morgan fingerprint density at radius 3 is 3.00 bits per heavy atom. The first-order valence-corrected chi connectivity index (χ1v) is 4.03. The summed E-state index contributed by atoms with van der Waals surface area (Å²) in [5.74, 6) is 1.20. The number of nitrogens with two attached hydrogens (primary N) is 1. The van der Waals surface area contributed by atoms with Crippen LogP contribution in [0.3, 0.4) is 0 Å². The maximum absolute atomic E-state index is 6.92. The second-order valence-corrected chi connectivity index (χ2v) is 2.76. The molecule has 5 nitrogen and oxygen atoms in total. The summed E-state index contributed by atoms with van der Waals surface area (Å²) >= 11 is 0. The summed E-state index contributed by atoms with van der Waals surface area (Å²) in [5, 5.41) is 6.92. The van der Waals surface area contributed by atoms with Crippen molar-refractivity contribution in [1.82, 2.24) is 0 Å². The largest absolute Gasteiger partial charge is 0.454 e. The highest BCUT2D eigenvalue weighted by molar-refractivity contribution is 5.91. The van der Waals surface area contributed by atoms with Crippen molar-refractivity contribution >= 4 is 12.2 Å². The Bertz CT molecular complexity index is 401. The molecule has 1 aromatic carbocycles. The average molecular weight is 191 g/mol. The zero-order valence-electron chi connectivity index (χ0n) is 7.36. The number of rotatable bonds is 1. The molecule has 1 aliphatic heterocycles. The molecule has 2 rings (SSSR count). The summed E-state index contributed by atoms with van der Waals surface area (Å²) in [6.07, 6.45) is 1.50. The van der Waals surface area contributed by atoms with Gasteiger partial charge in [0, 0.05) is 6.21 Å². The third-order valence-electron chi connectivity index (χ3n) is 1.75. The van der Waals surface area contributed by atoms with Gasteiger partial charge in [0.05, 0.1) is 0 Å². The molecule has 0 spiro atoms. The van der Waals surface area contributed by atoms with E-state index in [9.17, 15) is 0 Å². The maximum Gasteiger partial charge on any atom is 0.231 e. The van der Waals surface area contributed by atoms with E-state index in [4.69, 9.17) is 20.6 Å². The number of hydrogen-bond donors (Lipinski definition) is 2. The SMILES string of the molecule is N=C(N)/N=C/c1ccc2c(c1)OCO2. The molecular formula is C9H9N3O2. The van der Waals surface area contributed by atoms with Crippen LogP contribution < -0.4 is 15.2 Å². The van der Waals surface area contributed by atoms with Gasteiger partial charge in [-0.15, -0.1) is 0 Å². The molecule has 0 bridgehead atoms. The standard InChI is InChI=1S/C9H9N3O2/c10-9(11)12-4-6-1-2-7-8(3-6)14-5-13-7/h1-4H,5H2,(H3,10,11)/b12-4+. The van der Waals surface area contributed by atoms with E-state index in [1.54, 1.807) is 12.1 Å². The molecule has 0 aliphatic carbocycles. The van der Waals surface area contributed by atoms with Crippen molar-refractivity contribution in [3.05, 3.63) is 23.8 Å². The van der Waals surface area contributed by atoms with Crippen LogP contribution in [0.25, 0.3) is 0 Å².